The molecule has 120 valence electrons. The van der Waals surface area contributed by atoms with Gasteiger partial charge in [0.2, 0.25) is 11.1 Å². The highest BCUT2D eigenvalue weighted by atomic mass is 32.2. The molecule has 0 aliphatic heterocycles. The Hall–Kier alpha value is -2.40. The van der Waals surface area contributed by atoms with Crippen LogP contribution in [0, 0.1) is 11.3 Å². The van der Waals surface area contributed by atoms with Crippen LogP contribution in [0.25, 0.3) is 0 Å². The molecule has 0 fully saturated rings. The second-order valence-corrected chi connectivity index (χ2v) is 7.26. The van der Waals surface area contributed by atoms with E-state index in [1.165, 1.54) is 11.8 Å². The Kier molecular flexibility index (Phi) is 5.01. The van der Waals surface area contributed by atoms with Crippen molar-refractivity contribution in [1.29, 1.82) is 5.26 Å². The zero-order valence-electron chi connectivity index (χ0n) is 13.4. The van der Waals surface area contributed by atoms with Crippen LogP contribution < -0.4 is 5.32 Å². The van der Waals surface area contributed by atoms with Gasteiger partial charge >= 0.3 is 0 Å². The van der Waals surface area contributed by atoms with Crippen molar-refractivity contribution in [2.45, 2.75) is 43.6 Å². The number of benzene rings is 1. The highest BCUT2D eigenvalue weighted by Gasteiger charge is 2.24. The smallest absolute Gasteiger partial charge is 0.237 e. The molecule has 0 bridgehead atoms. The molecule has 0 aliphatic rings. The van der Waals surface area contributed by atoms with Gasteiger partial charge in [0, 0.05) is 0 Å². The van der Waals surface area contributed by atoms with E-state index in [1.807, 2.05) is 20.8 Å². The third-order valence-electron chi connectivity index (χ3n) is 3.03. The van der Waals surface area contributed by atoms with E-state index in [-0.39, 0.29) is 11.4 Å². The van der Waals surface area contributed by atoms with E-state index >= 15 is 0 Å². The van der Waals surface area contributed by atoms with Gasteiger partial charge in [-0.05, 0) is 50.3 Å². The molecular weight excluding hydrogens is 312 g/mol. The van der Waals surface area contributed by atoms with Crippen LogP contribution in [0.3, 0.4) is 0 Å². The van der Waals surface area contributed by atoms with Crippen LogP contribution in [0.5, 0.6) is 0 Å². The first-order chi connectivity index (χ1) is 10.8. The summed E-state index contributed by atoms with van der Waals surface area (Å²) in [6.45, 7) is 7.74. The maximum Gasteiger partial charge on any atom is 0.237 e. The van der Waals surface area contributed by atoms with E-state index in [2.05, 4.69) is 26.9 Å². The van der Waals surface area contributed by atoms with Crippen molar-refractivity contribution < 1.29 is 4.79 Å². The first-order valence-corrected chi connectivity index (χ1v) is 7.96. The number of nitriles is 1. The van der Waals surface area contributed by atoms with Crippen LogP contribution in [0.4, 0.5) is 5.69 Å². The molecule has 0 saturated heterocycles. The fourth-order valence-corrected chi connectivity index (χ4v) is 2.79. The van der Waals surface area contributed by atoms with Crippen molar-refractivity contribution in [2.75, 3.05) is 5.32 Å². The summed E-state index contributed by atoms with van der Waals surface area (Å²) in [5.41, 5.74) is 0.663. The predicted molar refractivity (Wildman–Crippen MR) is 87.9 cm³/mol. The molecule has 0 spiro atoms. The second-order valence-electron chi connectivity index (χ2n) is 5.95. The third-order valence-corrected chi connectivity index (χ3v) is 4.07. The molecular formula is C15H18N6OS. The molecule has 2 aromatic rings. The minimum absolute atomic E-state index is 0.207. The number of amides is 1. The number of nitrogens with one attached hydrogen (secondary N) is 1. The quantitative estimate of drug-likeness (QED) is 0.865. The number of carbonyl (C=O) groups excluding carboxylic acids is 1. The minimum Gasteiger partial charge on any atom is -0.324 e. The molecule has 0 radical (unpaired) electrons. The van der Waals surface area contributed by atoms with Gasteiger partial charge in [0.15, 0.2) is 0 Å². The van der Waals surface area contributed by atoms with Crippen molar-refractivity contribution in [1.82, 2.24) is 20.2 Å². The SMILES string of the molecule is C[C@@H](Sc1nnnn1C(C)(C)C)C(=O)Nc1ccccc1C#N. The summed E-state index contributed by atoms with van der Waals surface area (Å²) >= 11 is 1.28. The summed E-state index contributed by atoms with van der Waals surface area (Å²) in [7, 11) is 0. The van der Waals surface area contributed by atoms with Crippen molar-refractivity contribution >= 4 is 23.4 Å². The highest BCUT2D eigenvalue weighted by Crippen LogP contribution is 2.26. The summed E-state index contributed by atoms with van der Waals surface area (Å²) in [5, 5.41) is 23.6. The van der Waals surface area contributed by atoms with Crippen LogP contribution in [-0.2, 0) is 10.3 Å². The van der Waals surface area contributed by atoms with E-state index in [0.717, 1.165) is 0 Å². The second kappa shape index (κ2) is 6.79. The summed E-state index contributed by atoms with van der Waals surface area (Å²) in [4.78, 5) is 12.3. The van der Waals surface area contributed by atoms with Crippen molar-refractivity contribution in [2.24, 2.45) is 0 Å². The average molecular weight is 330 g/mol. The van der Waals surface area contributed by atoms with Gasteiger partial charge in [-0.25, -0.2) is 4.68 Å². The van der Waals surface area contributed by atoms with E-state index in [9.17, 15) is 4.79 Å². The Morgan fingerprint density at radius 3 is 2.74 bits per heavy atom. The lowest BCUT2D eigenvalue weighted by Gasteiger charge is -2.20. The van der Waals surface area contributed by atoms with Gasteiger partial charge in [-0.3, -0.25) is 4.79 Å². The standard InChI is InChI=1S/C15H18N6OS/c1-10(23-14-18-19-20-21(14)15(2,3)4)13(22)17-12-8-6-5-7-11(12)9-16/h5-8,10H,1-4H3,(H,17,22)/t10-/m1/s1. The number of carbonyl (C=O) groups is 1. The average Bonchev–Trinajstić information content (AvgIpc) is 2.96. The molecule has 1 amide bonds. The molecule has 1 heterocycles. The number of hydrogen-bond donors (Lipinski definition) is 1. The van der Waals surface area contributed by atoms with Crippen molar-refractivity contribution in [3.63, 3.8) is 0 Å². The van der Waals surface area contributed by atoms with Gasteiger partial charge in [0.1, 0.15) is 6.07 Å². The zero-order chi connectivity index (χ0) is 17.0. The number of anilines is 1. The van der Waals surface area contributed by atoms with Gasteiger partial charge in [-0.2, -0.15) is 5.26 Å². The first kappa shape index (κ1) is 17.0. The normalized spacial score (nSPS) is 12.5. The molecule has 23 heavy (non-hydrogen) atoms. The summed E-state index contributed by atoms with van der Waals surface area (Å²) in [5.74, 6) is -0.207. The van der Waals surface area contributed by atoms with Gasteiger partial charge in [0.05, 0.1) is 22.0 Å². The predicted octanol–water partition coefficient (Wildman–Crippen LogP) is 2.42. The summed E-state index contributed by atoms with van der Waals surface area (Å²) in [6, 6.07) is 8.94. The van der Waals surface area contributed by atoms with Crippen LogP contribution >= 0.6 is 11.8 Å². The number of aromatic nitrogens is 4. The topological polar surface area (TPSA) is 96.5 Å². The zero-order valence-corrected chi connectivity index (χ0v) is 14.3. The van der Waals surface area contributed by atoms with Crippen LogP contribution in [0.2, 0.25) is 0 Å². The maximum atomic E-state index is 12.3. The maximum absolute atomic E-state index is 12.3. The molecule has 8 heteroatoms. The fourth-order valence-electron chi connectivity index (χ4n) is 1.81. The van der Waals surface area contributed by atoms with E-state index in [0.29, 0.717) is 16.4 Å². The van der Waals surface area contributed by atoms with Gasteiger partial charge in [-0.1, -0.05) is 23.9 Å². The molecule has 0 unspecified atom stereocenters. The van der Waals surface area contributed by atoms with Crippen LogP contribution in [0.1, 0.15) is 33.3 Å². The largest absolute Gasteiger partial charge is 0.324 e. The lowest BCUT2D eigenvalue weighted by atomic mass is 10.1. The van der Waals surface area contributed by atoms with Gasteiger partial charge < -0.3 is 5.32 Å². The fraction of sp³-hybridized carbons (Fsp3) is 0.400. The van der Waals surface area contributed by atoms with Crippen molar-refractivity contribution in [3.8, 4) is 6.07 Å². The van der Waals surface area contributed by atoms with E-state index < -0.39 is 5.25 Å². The number of thioether (sulfide) groups is 1. The monoisotopic (exact) mass is 330 g/mol. The van der Waals surface area contributed by atoms with Gasteiger partial charge in [-0.15, -0.1) is 5.10 Å². The molecule has 1 atom stereocenters. The lowest BCUT2D eigenvalue weighted by molar-refractivity contribution is -0.115. The first-order valence-electron chi connectivity index (χ1n) is 7.08. The molecule has 0 aliphatic carbocycles. The third kappa shape index (κ3) is 4.07. The van der Waals surface area contributed by atoms with Crippen molar-refractivity contribution in [3.05, 3.63) is 29.8 Å². The minimum atomic E-state index is -0.408. The molecule has 1 aromatic carbocycles. The summed E-state index contributed by atoms with van der Waals surface area (Å²) < 4.78 is 1.69. The Labute approximate surface area is 139 Å². The molecule has 7 nitrogen and oxygen atoms in total. The number of para-hydroxylation sites is 1. The number of rotatable bonds is 4. The highest BCUT2D eigenvalue weighted by molar-refractivity contribution is 8.00. The Morgan fingerprint density at radius 1 is 1.39 bits per heavy atom. The number of hydrogen-bond acceptors (Lipinski definition) is 6. The Balaban J connectivity index is 2.10. The molecule has 0 saturated carbocycles. The lowest BCUT2D eigenvalue weighted by Crippen LogP contribution is -2.27. The molecule has 1 aromatic heterocycles. The van der Waals surface area contributed by atoms with E-state index in [1.54, 1.807) is 35.9 Å². The molecule has 2 rings (SSSR count). The molecule has 1 N–H and O–H groups in total. The summed E-state index contributed by atoms with van der Waals surface area (Å²) in [6.07, 6.45) is 0. The number of tetrazole rings is 1. The Bertz CT molecular complexity index is 743. The van der Waals surface area contributed by atoms with Gasteiger partial charge in [0.25, 0.3) is 0 Å². The van der Waals surface area contributed by atoms with Crippen LogP contribution in [-0.4, -0.2) is 31.4 Å². The van der Waals surface area contributed by atoms with Crippen LogP contribution in [0.15, 0.2) is 29.4 Å². The Morgan fingerprint density at radius 2 is 2.09 bits per heavy atom. The number of nitrogens with zero attached hydrogens (tertiary/aromatic N) is 5. The van der Waals surface area contributed by atoms with E-state index in [4.69, 9.17) is 5.26 Å².